The van der Waals surface area contributed by atoms with Crippen LogP contribution in [0.1, 0.15) is 16.7 Å². The number of aryl methyl sites for hydroxylation is 2. The molecule has 7 nitrogen and oxygen atoms in total. The third-order valence-electron chi connectivity index (χ3n) is 5.12. The van der Waals surface area contributed by atoms with Crippen molar-refractivity contribution in [2.75, 3.05) is 5.32 Å². The standard InChI is InChI=1S/C26H19FN4O3/c1-16-6-3-4-8-22(16)29-24(32)18(15-28)14-21-25(34-20-11-9-19(27)10-12-20)30-23-17(2)7-5-13-31(23)26(21)33/h3-14H,1-2H3,(H,29,32)/b18-14-. The summed E-state index contributed by atoms with van der Waals surface area (Å²) < 4.78 is 20.4. The Morgan fingerprint density at radius 3 is 2.50 bits per heavy atom. The first-order valence-corrected chi connectivity index (χ1v) is 10.3. The third kappa shape index (κ3) is 4.54. The summed E-state index contributed by atoms with van der Waals surface area (Å²) in [4.78, 5) is 30.6. The molecule has 2 aromatic carbocycles. The number of ether oxygens (including phenoxy) is 1. The topological polar surface area (TPSA) is 96.5 Å². The Bertz CT molecular complexity index is 1530. The zero-order valence-electron chi connectivity index (χ0n) is 18.4. The number of benzene rings is 2. The number of nitriles is 1. The lowest BCUT2D eigenvalue weighted by molar-refractivity contribution is -0.112. The maximum absolute atomic E-state index is 13.3. The summed E-state index contributed by atoms with van der Waals surface area (Å²) in [7, 11) is 0. The number of fused-ring (bicyclic) bond motifs is 1. The highest BCUT2D eigenvalue weighted by Gasteiger charge is 2.18. The van der Waals surface area contributed by atoms with Crippen molar-refractivity contribution in [1.29, 1.82) is 5.26 Å². The van der Waals surface area contributed by atoms with Crippen molar-refractivity contribution in [3.05, 3.63) is 105 Å². The number of anilines is 1. The van der Waals surface area contributed by atoms with Crippen LogP contribution < -0.4 is 15.6 Å². The van der Waals surface area contributed by atoms with Crippen molar-refractivity contribution < 1.29 is 13.9 Å². The molecule has 0 aliphatic heterocycles. The first-order valence-electron chi connectivity index (χ1n) is 10.3. The zero-order valence-corrected chi connectivity index (χ0v) is 18.4. The van der Waals surface area contributed by atoms with Crippen molar-refractivity contribution in [3.8, 4) is 17.7 Å². The van der Waals surface area contributed by atoms with E-state index in [1.165, 1.54) is 34.9 Å². The Labute approximate surface area is 194 Å². The molecule has 0 aliphatic carbocycles. The van der Waals surface area contributed by atoms with Gasteiger partial charge in [-0.2, -0.15) is 10.2 Å². The van der Waals surface area contributed by atoms with Crippen LogP contribution in [0.2, 0.25) is 0 Å². The average Bonchev–Trinajstić information content (AvgIpc) is 2.82. The van der Waals surface area contributed by atoms with Crippen molar-refractivity contribution in [3.63, 3.8) is 0 Å². The van der Waals surface area contributed by atoms with E-state index in [2.05, 4.69) is 10.3 Å². The fourth-order valence-electron chi connectivity index (χ4n) is 3.30. The Morgan fingerprint density at radius 2 is 1.79 bits per heavy atom. The van der Waals surface area contributed by atoms with Crippen LogP contribution in [0, 0.1) is 31.0 Å². The highest BCUT2D eigenvalue weighted by atomic mass is 19.1. The number of hydrogen-bond acceptors (Lipinski definition) is 5. The van der Waals surface area contributed by atoms with Crippen LogP contribution in [0.3, 0.4) is 0 Å². The van der Waals surface area contributed by atoms with Gasteiger partial charge in [0.2, 0.25) is 5.88 Å². The van der Waals surface area contributed by atoms with Gasteiger partial charge in [0.15, 0.2) is 0 Å². The molecular weight excluding hydrogens is 435 g/mol. The first kappa shape index (κ1) is 22.4. The minimum Gasteiger partial charge on any atom is -0.438 e. The zero-order chi connectivity index (χ0) is 24.2. The smallest absolute Gasteiger partial charge is 0.269 e. The van der Waals surface area contributed by atoms with Gasteiger partial charge in [0.05, 0.1) is 0 Å². The van der Waals surface area contributed by atoms with E-state index in [-0.39, 0.29) is 22.8 Å². The monoisotopic (exact) mass is 454 g/mol. The number of carbonyl (C=O) groups is 1. The van der Waals surface area contributed by atoms with Crippen LogP contribution in [0.4, 0.5) is 10.1 Å². The molecule has 2 heterocycles. The normalized spacial score (nSPS) is 11.2. The number of nitrogens with one attached hydrogen (secondary N) is 1. The Kier molecular flexibility index (Phi) is 6.19. The molecule has 4 aromatic rings. The first-order chi connectivity index (χ1) is 16.4. The van der Waals surface area contributed by atoms with Crippen molar-refractivity contribution in [1.82, 2.24) is 9.38 Å². The Hall–Kier alpha value is -4.77. The second-order valence-electron chi connectivity index (χ2n) is 7.52. The predicted octanol–water partition coefficient (Wildman–Crippen LogP) is 4.79. The Balaban J connectivity index is 1.84. The summed E-state index contributed by atoms with van der Waals surface area (Å²) in [5.74, 6) is -1.00. The lowest BCUT2D eigenvalue weighted by Crippen LogP contribution is -2.21. The molecule has 1 amide bonds. The lowest BCUT2D eigenvalue weighted by atomic mass is 10.1. The van der Waals surface area contributed by atoms with Gasteiger partial charge in [-0.05, 0) is 67.4 Å². The summed E-state index contributed by atoms with van der Waals surface area (Å²) in [6.45, 7) is 3.61. The molecule has 0 unspecified atom stereocenters. The second kappa shape index (κ2) is 9.38. The van der Waals surface area contributed by atoms with E-state index in [1.54, 1.807) is 31.2 Å². The van der Waals surface area contributed by atoms with E-state index in [9.17, 15) is 19.2 Å². The van der Waals surface area contributed by atoms with E-state index >= 15 is 0 Å². The van der Waals surface area contributed by atoms with E-state index in [0.29, 0.717) is 11.3 Å². The van der Waals surface area contributed by atoms with Gasteiger partial charge < -0.3 is 10.1 Å². The van der Waals surface area contributed by atoms with Gasteiger partial charge in [-0.15, -0.1) is 0 Å². The van der Waals surface area contributed by atoms with Gasteiger partial charge in [0, 0.05) is 11.9 Å². The van der Waals surface area contributed by atoms with Crippen LogP contribution >= 0.6 is 0 Å². The molecular formula is C26H19FN4O3. The summed E-state index contributed by atoms with van der Waals surface area (Å²) in [6.07, 6.45) is 2.69. The molecule has 1 N–H and O–H groups in total. The minimum atomic E-state index is -0.682. The van der Waals surface area contributed by atoms with Crippen molar-refractivity contribution in [2.24, 2.45) is 0 Å². The van der Waals surface area contributed by atoms with Crippen LogP contribution in [-0.4, -0.2) is 15.3 Å². The van der Waals surface area contributed by atoms with Gasteiger partial charge in [-0.25, -0.2) is 4.39 Å². The van der Waals surface area contributed by atoms with Crippen molar-refractivity contribution >= 4 is 23.3 Å². The van der Waals surface area contributed by atoms with Crippen molar-refractivity contribution in [2.45, 2.75) is 13.8 Å². The number of rotatable bonds is 5. The molecule has 4 rings (SSSR count). The third-order valence-corrected chi connectivity index (χ3v) is 5.12. The average molecular weight is 454 g/mol. The molecule has 0 spiro atoms. The van der Waals surface area contributed by atoms with Gasteiger partial charge in [-0.1, -0.05) is 24.3 Å². The molecule has 0 fully saturated rings. The molecule has 0 saturated carbocycles. The highest BCUT2D eigenvalue weighted by molar-refractivity contribution is 6.10. The SMILES string of the molecule is Cc1ccccc1NC(=O)/C(C#N)=C\c1c(Oc2ccc(F)cc2)nc2c(C)cccn2c1=O. The second-order valence-corrected chi connectivity index (χ2v) is 7.52. The minimum absolute atomic E-state index is 0.0936. The van der Waals surface area contributed by atoms with Gasteiger partial charge in [-0.3, -0.25) is 14.0 Å². The van der Waals surface area contributed by atoms with Gasteiger partial charge in [0.1, 0.15) is 34.4 Å². The van der Waals surface area contributed by atoms with E-state index in [0.717, 1.165) is 17.2 Å². The molecule has 34 heavy (non-hydrogen) atoms. The largest absolute Gasteiger partial charge is 0.438 e. The van der Waals surface area contributed by atoms with E-state index in [4.69, 9.17) is 4.74 Å². The summed E-state index contributed by atoms with van der Waals surface area (Å²) in [6, 6.07) is 17.6. The molecule has 168 valence electrons. The predicted molar refractivity (Wildman–Crippen MR) is 126 cm³/mol. The number of para-hydroxylation sites is 1. The lowest BCUT2D eigenvalue weighted by Gasteiger charge is -2.12. The van der Waals surface area contributed by atoms with E-state index < -0.39 is 17.3 Å². The van der Waals surface area contributed by atoms with Crippen LogP contribution in [-0.2, 0) is 4.79 Å². The number of halogens is 1. The quantitative estimate of drug-likeness (QED) is 0.346. The molecule has 2 aromatic heterocycles. The maximum atomic E-state index is 13.3. The molecule has 0 aliphatic rings. The van der Waals surface area contributed by atoms with Crippen LogP contribution in [0.15, 0.2) is 77.2 Å². The van der Waals surface area contributed by atoms with Gasteiger partial charge >= 0.3 is 0 Å². The van der Waals surface area contributed by atoms with E-state index in [1.807, 2.05) is 25.1 Å². The molecule has 0 atom stereocenters. The number of nitrogens with zero attached hydrogens (tertiary/aromatic N) is 3. The fraction of sp³-hybridized carbons (Fsp3) is 0.0769. The fourth-order valence-corrected chi connectivity index (χ4v) is 3.30. The summed E-state index contributed by atoms with van der Waals surface area (Å²) >= 11 is 0. The molecule has 0 saturated heterocycles. The van der Waals surface area contributed by atoms with Crippen LogP contribution in [0.5, 0.6) is 11.6 Å². The summed E-state index contributed by atoms with van der Waals surface area (Å²) in [5.41, 5.74) is 1.50. The number of amides is 1. The Morgan fingerprint density at radius 1 is 1.09 bits per heavy atom. The highest BCUT2D eigenvalue weighted by Crippen LogP contribution is 2.25. The number of hydrogen-bond donors (Lipinski definition) is 1. The van der Waals surface area contributed by atoms with Crippen LogP contribution in [0.25, 0.3) is 11.7 Å². The molecule has 0 bridgehead atoms. The molecule has 0 radical (unpaired) electrons. The van der Waals surface area contributed by atoms with Gasteiger partial charge in [0.25, 0.3) is 11.5 Å². The number of pyridine rings is 1. The summed E-state index contributed by atoms with van der Waals surface area (Å²) in [5, 5.41) is 12.4. The number of carbonyl (C=O) groups excluding carboxylic acids is 1. The number of aromatic nitrogens is 2. The maximum Gasteiger partial charge on any atom is 0.269 e. The molecule has 8 heteroatoms.